The van der Waals surface area contributed by atoms with E-state index >= 15 is 0 Å². The molecular formula is C13H19NO3. The van der Waals surface area contributed by atoms with Crippen molar-refractivity contribution in [2.75, 3.05) is 13.1 Å². The van der Waals surface area contributed by atoms with Crippen LogP contribution in [0.25, 0.3) is 0 Å². The zero-order valence-electron chi connectivity index (χ0n) is 10.1. The normalized spacial score (nSPS) is 37.2. The Morgan fingerprint density at radius 2 is 1.76 bits per heavy atom. The summed E-state index contributed by atoms with van der Waals surface area (Å²) in [5.74, 6) is 1.29. The Balaban J connectivity index is 1.48. The van der Waals surface area contributed by atoms with E-state index in [1.807, 2.05) is 4.90 Å². The third-order valence-corrected chi connectivity index (χ3v) is 4.91. The molecule has 1 aliphatic heterocycles. The summed E-state index contributed by atoms with van der Waals surface area (Å²) >= 11 is 0. The maximum atomic E-state index is 12.1. The molecule has 1 N–H and O–H groups in total. The number of hydrogen-bond acceptors (Lipinski definition) is 2. The highest BCUT2D eigenvalue weighted by Gasteiger charge is 2.50. The van der Waals surface area contributed by atoms with E-state index in [4.69, 9.17) is 5.11 Å². The van der Waals surface area contributed by atoms with Crippen LogP contribution in [-0.4, -0.2) is 35.0 Å². The number of carbonyl (C=O) groups excluding carboxylic acids is 1. The van der Waals surface area contributed by atoms with E-state index in [2.05, 4.69) is 0 Å². The van der Waals surface area contributed by atoms with Gasteiger partial charge >= 0.3 is 5.97 Å². The molecule has 2 saturated carbocycles. The average molecular weight is 237 g/mol. The fourth-order valence-electron chi connectivity index (χ4n) is 3.39. The van der Waals surface area contributed by atoms with Crippen LogP contribution in [0.4, 0.5) is 0 Å². The molecule has 0 bridgehead atoms. The van der Waals surface area contributed by atoms with Gasteiger partial charge in [0.25, 0.3) is 0 Å². The number of likely N-dealkylation sites (tertiary alicyclic amines) is 1. The predicted octanol–water partition coefficient (Wildman–Crippen LogP) is 1.21. The van der Waals surface area contributed by atoms with Gasteiger partial charge in [0.05, 0.1) is 5.92 Å². The molecule has 94 valence electrons. The van der Waals surface area contributed by atoms with Gasteiger partial charge in [0.15, 0.2) is 0 Å². The summed E-state index contributed by atoms with van der Waals surface area (Å²) in [7, 11) is 0. The van der Waals surface area contributed by atoms with E-state index in [9.17, 15) is 9.59 Å². The summed E-state index contributed by atoms with van der Waals surface area (Å²) < 4.78 is 0. The molecule has 1 heterocycles. The average Bonchev–Trinajstić information content (AvgIpc) is 2.83. The number of carboxylic acids is 1. The van der Waals surface area contributed by atoms with Crippen LogP contribution in [-0.2, 0) is 9.59 Å². The molecule has 3 fully saturated rings. The molecule has 17 heavy (non-hydrogen) atoms. The molecule has 1 amide bonds. The first kappa shape index (κ1) is 11.1. The van der Waals surface area contributed by atoms with Gasteiger partial charge in [-0.25, -0.2) is 0 Å². The Morgan fingerprint density at radius 1 is 1.18 bits per heavy atom. The van der Waals surface area contributed by atoms with Crippen LogP contribution in [0, 0.1) is 29.6 Å². The Kier molecular flexibility index (Phi) is 2.42. The van der Waals surface area contributed by atoms with Crippen molar-refractivity contribution < 1.29 is 14.7 Å². The van der Waals surface area contributed by atoms with Crippen molar-refractivity contribution in [2.45, 2.75) is 26.2 Å². The molecule has 4 heteroatoms. The Hall–Kier alpha value is -1.06. The number of rotatable bonds is 3. The van der Waals surface area contributed by atoms with Crippen molar-refractivity contribution in [3.63, 3.8) is 0 Å². The number of carboxylic acid groups (broad SMARTS) is 1. The first-order valence-electron chi connectivity index (χ1n) is 6.58. The van der Waals surface area contributed by atoms with E-state index in [0.717, 1.165) is 24.7 Å². The summed E-state index contributed by atoms with van der Waals surface area (Å²) in [5.41, 5.74) is 0. The maximum Gasteiger partial charge on any atom is 0.306 e. The van der Waals surface area contributed by atoms with Crippen molar-refractivity contribution in [1.29, 1.82) is 0 Å². The minimum Gasteiger partial charge on any atom is -0.481 e. The molecular weight excluding hydrogens is 218 g/mol. The lowest BCUT2D eigenvalue weighted by molar-refractivity contribution is -0.152. The van der Waals surface area contributed by atoms with Gasteiger partial charge in [-0.3, -0.25) is 9.59 Å². The number of aliphatic carboxylic acids is 1. The van der Waals surface area contributed by atoms with Crippen molar-refractivity contribution >= 4 is 11.9 Å². The lowest BCUT2D eigenvalue weighted by atomic mass is 9.86. The molecule has 3 atom stereocenters. The largest absolute Gasteiger partial charge is 0.481 e. The highest BCUT2D eigenvalue weighted by atomic mass is 16.4. The number of fused-ring (bicyclic) bond motifs is 1. The third-order valence-electron chi connectivity index (χ3n) is 4.91. The smallest absolute Gasteiger partial charge is 0.306 e. The molecule has 3 aliphatic rings. The second-order valence-corrected chi connectivity index (χ2v) is 6.05. The number of amides is 1. The number of hydrogen-bond donors (Lipinski definition) is 1. The number of carbonyl (C=O) groups is 2. The van der Waals surface area contributed by atoms with E-state index in [1.54, 1.807) is 6.92 Å². The van der Waals surface area contributed by atoms with Crippen molar-refractivity contribution in [3.05, 3.63) is 0 Å². The van der Waals surface area contributed by atoms with Crippen LogP contribution in [0.15, 0.2) is 0 Å². The monoisotopic (exact) mass is 237 g/mol. The molecule has 3 rings (SSSR count). The van der Waals surface area contributed by atoms with E-state index in [1.165, 1.54) is 6.42 Å². The van der Waals surface area contributed by atoms with Gasteiger partial charge in [-0.2, -0.15) is 0 Å². The van der Waals surface area contributed by atoms with Crippen molar-refractivity contribution in [3.8, 4) is 0 Å². The molecule has 0 aromatic rings. The minimum absolute atomic E-state index is 0.160. The van der Waals surface area contributed by atoms with Gasteiger partial charge in [0.2, 0.25) is 5.91 Å². The van der Waals surface area contributed by atoms with E-state index in [0.29, 0.717) is 13.1 Å². The molecule has 1 saturated heterocycles. The van der Waals surface area contributed by atoms with Gasteiger partial charge in [0.1, 0.15) is 0 Å². The highest BCUT2D eigenvalue weighted by molar-refractivity contribution is 5.80. The van der Waals surface area contributed by atoms with Crippen LogP contribution >= 0.6 is 0 Å². The summed E-state index contributed by atoms with van der Waals surface area (Å²) in [5, 5.41) is 8.89. The van der Waals surface area contributed by atoms with Crippen LogP contribution in [0.2, 0.25) is 0 Å². The lowest BCUT2D eigenvalue weighted by Gasteiger charge is -2.42. The third kappa shape index (κ3) is 1.83. The van der Waals surface area contributed by atoms with Gasteiger partial charge in [-0.1, -0.05) is 6.92 Å². The van der Waals surface area contributed by atoms with Gasteiger partial charge in [-0.05, 0) is 31.1 Å². The zero-order chi connectivity index (χ0) is 12.2. The van der Waals surface area contributed by atoms with Crippen LogP contribution < -0.4 is 0 Å². The van der Waals surface area contributed by atoms with Gasteiger partial charge in [-0.15, -0.1) is 0 Å². The van der Waals surface area contributed by atoms with Crippen molar-refractivity contribution in [2.24, 2.45) is 29.6 Å². The first-order chi connectivity index (χ1) is 8.06. The topological polar surface area (TPSA) is 57.6 Å². The van der Waals surface area contributed by atoms with E-state index < -0.39 is 5.97 Å². The molecule has 0 radical (unpaired) electrons. The highest BCUT2D eigenvalue weighted by Crippen LogP contribution is 2.54. The second kappa shape index (κ2) is 3.72. The van der Waals surface area contributed by atoms with Crippen LogP contribution in [0.5, 0.6) is 0 Å². The van der Waals surface area contributed by atoms with Crippen LogP contribution in [0.3, 0.4) is 0 Å². The standard InChI is InChI=1S/C13H19NO3/c1-7(13(16)17)11-5-14(6-11)12(15)10-3-8-2-9(8)4-10/h7-11H,2-6H2,1H3,(H,16,17). The number of nitrogens with zero attached hydrogens (tertiary/aromatic N) is 1. The molecule has 3 unspecified atom stereocenters. The van der Waals surface area contributed by atoms with Crippen LogP contribution in [0.1, 0.15) is 26.2 Å². The molecule has 2 aliphatic carbocycles. The second-order valence-electron chi connectivity index (χ2n) is 6.05. The van der Waals surface area contributed by atoms with Gasteiger partial charge < -0.3 is 10.0 Å². The molecule has 0 spiro atoms. The minimum atomic E-state index is -0.746. The zero-order valence-corrected chi connectivity index (χ0v) is 10.1. The fourth-order valence-corrected chi connectivity index (χ4v) is 3.39. The quantitative estimate of drug-likeness (QED) is 0.802. The Labute approximate surface area is 101 Å². The predicted molar refractivity (Wildman–Crippen MR) is 61.2 cm³/mol. The van der Waals surface area contributed by atoms with E-state index in [-0.39, 0.29) is 23.7 Å². The summed E-state index contributed by atoms with van der Waals surface area (Å²) in [6.45, 7) is 3.04. The Morgan fingerprint density at radius 3 is 2.29 bits per heavy atom. The van der Waals surface area contributed by atoms with Crippen molar-refractivity contribution in [1.82, 2.24) is 4.90 Å². The summed E-state index contributed by atoms with van der Waals surface area (Å²) in [6, 6.07) is 0. The molecule has 0 aromatic carbocycles. The summed E-state index contributed by atoms with van der Waals surface area (Å²) in [4.78, 5) is 24.8. The fraction of sp³-hybridized carbons (Fsp3) is 0.846. The first-order valence-corrected chi connectivity index (χ1v) is 6.58. The van der Waals surface area contributed by atoms with Gasteiger partial charge in [0, 0.05) is 24.9 Å². The molecule has 4 nitrogen and oxygen atoms in total. The molecule has 0 aromatic heterocycles. The lowest BCUT2D eigenvalue weighted by Crippen LogP contribution is -2.55. The Bertz CT molecular complexity index is 352. The summed E-state index contributed by atoms with van der Waals surface area (Å²) in [6.07, 6.45) is 3.50. The maximum absolute atomic E-state index is 12.1. The SMILES string of the molecule is CC(C(=O)O)C1CN(C(=O)C2CC3CC3C2)C1.